The second kappa shape index (κ2) is 51.2. The molecule has 0 saturated carbocycles. The van der Waals surface area contributed by atoms with Gasteiger partial charge in [-0.2, -0.15) is 0 Å². The minimum atomic E-state index is -2.40. The Morgan fingerprint density at radius 3 is 0.571 bits per heavy atom. The van der Waals surface area contributed by atoms with Gasteiger partial charge in [-0.15, -0.1) is 0 Å². The minimum absolute atomic E-state index is 0.239. The van der Waals surface area contributed by atoms with Crippen molar-refractivity contribution < 1.29 is 29.5 Å². The molecule has 3 N–H and O–H groups in total. The third-order valence-electron chi connectivity index (χ3n) is 13.6. The van der Waals surface area contributed by atoms with Gasteiger partial charge in [0.15, 0.2) is 0 Å². The van der Waals surface area contributed by atoms with Gasteiger partial charge in [0.1, 0.15) is 6.61 Å². The SMILES string of the molecule is CCCCCCCCCCCCCCCCCCOC(O)(CO)C(O)(OCCCCCCCCCCCCCCCCCC)OCCCCCCCCCCCCCCCCCC. The van der Waals surface area contributed by atoms with Crippen LogP contribution in [0.3, 0.4) is 0 Å². The van der Waals surface area contributed by atoms with Gasteiger partial charge in [0.05, 0.1) is 19.8 Å². The highest BCUT2D eigenvalue weighted by atomic mass is 16.9. The van der Waals surface area contributed by atoms with Crippen LogP contribution in [0.15, 0.2) is 0 Å². The van der Waals surface area contributed by atoms with Crippen molar-refractivity contribution in [2.24, 2.45) is 0 Å². The molecule has 0 aromatic carbocycles. The smallest absolute Gasteiger partial charge is 0.340 e. The summed E-state index contributed by atoms with van der Waals surface area (Å²) in [6, 6.07) is 0. The summed E-state index contributed by atoms with van der Waals surface area (Å²) >= 11 is 0. The number of aliphatic hydroxyl groups is 3. The van der Waals surface area contributed by atoms with E-state index >= 15 is 0 Å². The normalized spacial score (nSPS) is 13.0. The molecule has 0 aromatic heterocycles. The van der Waals surface area contributed by atoms with Gasteiger partial charge >= 0.3 is 5.97 Å². The fraction of sp³-hybridized carbons (Fsp3) is 1.00. The van der Waals surface area contributed by atoms with Gasteiger partial charge in [0, 0.05) is 0 Å². The molecule has 0 radical (unpaired) electrons. The van der Waals surface area contributed by atoms with Gasteiger partial charge in [0.25, 0.3) is 5.79 Å². The first kappa shape index (κ1) is 62.8. The van der Waals surface area contributed by atoms with Crippen LogP contribution in [0.25, 0.3) is 0 Å². The molecular weight excluding hydrogens is 781 g/mol. The van der Waals surface area contributed by atoms with Crippen LogP contribution < -0.4 is 0 Å². The Balaban J connectivity index is 4.43. The van der Waals surface area contributed by atoms with E-state index in [2.05, 4.69) is 20.8 Å². The quantitative estimate of drug-likeness (QED) is 0.0416. The van der Waals surface area contributed by atoms with Gasteiger partial charge in [-0.25, -0.2) is 0 Å². The van der Waals surface area contributed by atoms with Gasteiger partial charge in [-0.3, -0.25) is 0 Å². The van der Waals surface area contributed by atoms with E-state index in [0.29, 0.717) is 0 Å². The average molecular weight is 898 g/mol. The fourth-order valence-corrected chi connectivity index (χ4v) is 9.12. The van der Waals surface area contributed by atoms with E-state index in [0.717, 1.165) is 57.8 Å². The zero-order chi connectivity index (χ0) is 45.9. The number of unbranched alkanes of at least 4 members (excludes halogenated alkanes) is 45. The standard InChI is InChI=1S/C57H116O6/c1-4-7-10-13-16-19-22-25-28-31-34-37-40-43-46-49-52-61-56(59,55-58)57(60,62-53-50-47-44-41-38-35-32-29-26-23-20-17-14-11-8-5-2)63-54-51-48-45-42-39-36-33-30-27-24-21-18-15-12-9-6-3/h58-60H,4-55H2,1-3H3. The van der Waals surface area contributed by atoms with E-state index in [1.807, 2.05) is 0 Å². The summed E-state index contributed by atoms with van der Waals surface area (Å²) in [5.41, 5.74) is 0. The Kier molecular flexibility index (Phi) is 51.0. The van der Waals surface area contributed by atoms with Crippen LogP contribution in [-0.2, 0) is 14.2 Å². The molecule has 1 unspecified atom stereocenters. The van der Waals surface area contributed by atoms with Gasteiger partial charge in [0.2, 0.25) is 0 Å². The minimum Gasteiger partial charge on any atom is -0.390 e. The molecule has 0 bridgehead atoms. The van der Waals surface area contributed by atoms with Gasteiger partial charge in [-0.05, 0) is 19.3 Å². The second-order valence-electron chi connectivity index (χ2n) is 20.0. The lowest BCUT2D eigenvalue weighted by Crippen LogP contribution is -2.62. The molecule has 1 atom stereocenters. The van der Waals surface area contributed by atoms with Crippen molar-refractivity contribution in [3.05, 3.63) is 0 Å². The molecule has 380 valence electrons. The van der Waals surface area contributed by atoms with Gasteiger partial charge < -0.3 is 29.5 Å². The zero-order valence-corrected chi connectivity index (χ0v) is 43.3. The lowest BCUT2D eigenvalue weighted by atomic mass is 10.0. The number of rotatable bonds is 56. The fourth-order valence-electron chi connectivity index (χ4n) is 9.12. The van der Waals surface area contributed by atoms with Gasteiger partial charge in [-0.1, -0.05) is 310 Å². The van der Waals surface area contributed by atoms with E-state index < -0.39 is 18.4 Å². The van der Waals surface area contributed by atoms with Crippen molar-refractivity contribution >= 4 is 0 Å². The highest BCUT2D eigenvalue weighted by Gasteiger charge is 2.54. The molecular formula is C57H116O6. The summed E-state index contributed by atoms with van der Waals surface area (Å²) in [6.45, 7) is 6.80. The zero-order valence-electron chi connectivity index (χ0n) is 43.3. The third kappa shape index (κ3) is 42.8. The molecule has 0 aliphatic rings. The van der Waals surface area contributed by atoms with Crippen molar-refractivity contribution in [3.8, 4) is 0 Å². The Hall–Kier alpha value is -0.240. The maximum atomic E-state index is 11.6. The second-order valence-corrected chi connectivity index (χ2v) is 20.0. The average Bonchev–Trinajstić information content (AvgIpc) is 3.29. The highest BCUT2D eigenvalue weighted by Crippen LogP contribution is 2.29. The lowest BCUT2D eigenvalue weighted by molar-refractivity contribution is -0.484. The molecule has 0 rings (SSSR count). The molecule has 0 saturated heterocycles. The number of aliphatic hydroxyl groups excluding tert-OH is 1. The Bertz CT molecular complexity index is 801. The molecule has 63 heavy (non-hydrogen) atoms. The molecule has 6 heteroatoms. The van der Waals surface area contributed by atoms with E-state index in [1.54, 1.807) is 0 Å². The number of hydrogen-bond donors (Lipinski definition) is 3. The first-order valence-corrected chi connectivity index (χ1v) is 29.0. The van der Waals surface area contributed by atoms with Crippen molar-refractivity contribution in [2.75, 3.05) is 26.4 Å². The van der Waals surface area contributed by atoms with Crippen LogP contribution in [0.2, 0.25) is 0 Å². The number of hydrogen-bond acceptors (Lipinski definition) is 6. The van der Waals surface area contributed by atoms with Crippen molar-refractivity contribution in [3.63, 3.8) is 0 Å². The van der Waals surface area contributed by atoms with Crippen LogP contribution in [0.1, 0.15) is 329 Å². The van der Waals surface area contributed by atoms with E-state index in [4.69, 9.17) is 14.2 Å². The maximum absolute atomic E-state index is 11.6. The van der Waals surface area contributed by atoms with E-state index in [9.17, 15) is 15.3 Å². The Morgan fingerprint density at radius 1 is 0.238 bits per heavy atom. The molecule has 6 nitrogen and oxygen atoms in total. The predicted molar refractivity (Wildman–Crippen MR) is 273 cm³/mol. The Morgan fingerprint density at radius 2 is 0.397 bits per heavy atom. The predicted octanol–water partition coefficient (Wildman–Crippen LogP) is 18.1. The molecule has 0 aromatic rings. The van der Waals surface area contributed by atoms with Crippen molar-refractivity contribution in [1.29, 1.82) is 0 Å². The van der Waals surface area contributed by atoms with E-state index in [-0.39, 0.29) is 19.8 Å². The van der Waals surface area contributed by atoms with E-state index in [1.165, 1.54) is 250 Å². The van der Waals surface area contributed by atoms with Crippen LogP contribution in [0.4, 0.5) is 0 Å². The molecule has 0 fully saturated rings. The summed E-state index contributed by atoms with van der Waals surface area (Å²) in [6.07, 6.45) is 61.8. The molecule has 0 amide bonds. The Labute approximate surface area is 395 Å². The van der Waals surface area contributed by atoms with Crippen LogP contribution in [-0.4, -0.2) is 53.5 Å². The summed E-state index contributed by atoms with van der Waals surface area (Å²) in [5, 5.41) is 33.4. The highest BCUT2D eigenvalue weighted by molar-refractivity contribution is 4.79. The lowest BCUT2D eigenvalue weighted by Gasteiger charge is -2.40. The van der Waals surface area contributed by atoms with Crippen LogP contribution >= 0.6 is 0 Å². The summed E-state index contributed by atoms with van der Waals surface area (Å²) < 4.78 is 17.7. The first-order valence-electron chi connectivity index (χ1n) is 29.0. The van der Waals surface area contributed by atoms with Crippen LogP contribution in [0.5, 0.6) is 0 Å². The summed E-state index contributed by atoms with van der Waals surface area (Å²) in [7, 11) is 0. The molecule has 0 aliphatic heterocycles. The molecule has 0 aliphatic carbocycles. The summed E-state index contributed by atoms with van der Waals surface area (Å²) in [5.74, 6) is -4.73. The molecule has 0 heterocycles. The maximum Gasteiger partial charge on any atom is 0.340 e. The third-order valence-corrected chi connectivity index (χ3v) is 13.6. The monoisotopic (exact) mass is 897 g/mol. The largest absolute Gasteiger partial charge is 0.390 e. The van der Waals surface area contributed by atoms with Crippen LogP contribution in [0, 0.1) is 0 Å². The molecule has 0 spiro atoms. The summed E-state index contributed by atoms with van der Waals surface area (Å²) in [4.78, 5) is 0. The first-order chi connectivity index (χ1) is 31.0. The van der Waals surface area contributed by atoms with Crippen molar-refractivity contribution in [1.82, 2.24) is 0 Å². The topological polar surface area (TPSA) is 88.4 Å². The number of ether oxygens (including phenoxy) is 3. The van der Waals surface area contributed by atoms with Crippen molar-refractivity contribution in [2.45, 2.75) is 341 Å².